The van der Waals surface area contributed by atoms with Crippen LogP contribution in [0.3, 0.4) is 0 Å². The number of azo groups is 1. The number of nitrogen functional groups attached to an aromatic ring is 1. The van der Waals surface area contributed by atoms with Gasteiger partial charge in [-0.3, -0.25) is 10.1 Å². The van der Waals surface area contributed by atoms with Crippen molar-refractivity contribution in [1.29, 1.82) is 0 Å². The molecule has 0 radical (unpaired) electrons. The second kappa shape index (κ2) is 5.79. The van der Waals surface area contributed by atoms with Gasteiger partial charge in [-0.05, 0) is 24.3 Å². The summed E-state index contributed by atoms with van der Waals surface area (Å²) in [4.78, 5) is 10.1. The molecule has 0 saturated carbocycles. The summed E-state index contributed by atoms with van der Waals surface area (Å²) in [5.74, 6) is 0.510. The van der Waals surface area contributed by atoms with Crippen molar-refractivity contribution in [3.05, 3.63) is 52.6 Å². The Kier molecular flexibility index (Phi) is 3.90. The van der Waals surface area contributed by atoms with Crippen molar-refractivity contribution >= 4 is 22.7 Å². The molecule has 0 spiro atoms. The largest absolute Gasteiger partial charge is 0.494 e. The predicted octanol–water partition coefficient (Wildman–Crippen LogP) is 3.60. The first-order valence-electron chi connectivity index (χ1n) is 5.70. The highest BCUT2D eigenvalue weighted by Gasteiger charge is 2.04. The zero-order valence-corrected chi connectivity index (χ0v) is 10.7. The molecule has 2 aromatic rings. The van der Waals surface area contributed by atoms with Crippen LogP contribution in [-0.2, 0) is 0 Å². The van der Waals surface area contributed by atoms with E-state index in [4.69, 9.17) is 10.5 Å². The minimum Gasteiger partial charge on any atom is -0.494 e. The topological polar surface area (TPSA) is 103 Å². The summed E-state index contributed by atoms with van der Waals surface area (Å²) in [5.41, 5.74) is 7.25. The van der Waals surface area contributed by atoms with Gasteiger partial charge in [-0.1, -0.05) is 0 Å². The van der Waals surface area contributed by atoms with E-state index in [2.05, 4.69) is 10.2 Å². The van der Waals surface area contributed by atoms with E-state index in [9.17, 15) is 10.1 Å². The quantitative estimate of drug-likeness (QED) is 0.397. The average molecular weight is 272 g/mol. The summed E-state index contributed by atoms with van der Waals surface area (Å²) in [5, 5.41) is 18.6. The number of nitrogens with zero attached hydrogens (tertiary/aromatic N) is 3. The second-order valence-electron chi connectivity index (χ2n) is 3.90. The number of nitro benzene ring substituents is 1. The number of nitrogens with two attached hydrogens (primary N) is 1. The highest BCUT2D eigenvalue weighted by molar-refractivity contribution is 5.59. The van der Waals surface area contributed by atoms with Crippen molar-refractivity contribution in [2.45, 2.75) is 0 Å². The molecule has 2 N–H and O–H groups in total. The molecule has 0 aromatic heterocycles. The van der Waals surface area contributed by atoms with Crippen molar-refractivity contribution in [1.82, 2.24) is 0 Å². The molecule has 7 nitrogen and oxygen atoms in total. The standard InChI is InChI=1S/C13H12N4O3/c1-20-13-8-9(14)2-7-12(13)16-15-10-3-5-11(6-4-10)17(18)19/h2-8H,14H2,1H3. The smallest absolute Gasteiger partial charge is 0.269 e. The van der Waals surface area contributed by atoms with Crippen LogP contribution in [0.2, 0.25) is 0 Å². The van der Waals surface area contributed by atoms with Crippen molar-refractivity contribution in [2.75, 3.05) is 12.8 Å². The number of methoxy groups -OCH3 is 1. The molecule has 2 rings (SSSR count). The Labute approximate surface area is 114 Å². The Morgan fingerprint density at radius 1 is 1.15 bits per heavy atom. The zero-order valence-electron chi connectivity index (χ0n) is 10.7. The maximum absolute atomic E-state index is 10.5. The first-order valence-corrected chi connectivity index (χ1v) is 5.70. The van der Waals surface area contributed by atoms with E-state index in [0.29, 0.717) is 22.8 Å². The maximum Gasteiger partial charge on any atom is 0.269 e. The van der Waals surface area contributed by atoms with Crippen LogP contribution < -0.4 is 10.5 Å². The maximum atomic E-state index is 10.5. The lowest BCUT2D eigenvalue weighted by Gasteiger charge is -2.03. The van der Waals surface area contributed by atoms with Gasteiger partial charge in [0.15, 0.2) is 0 Å². The molecule has 0 unspecified atom stereocenters. The van der Waals surface area contributed by atoms with Gasteiger partial charge in [-0.15, -0.1) is 5.11 Å². The fourth-order valence-electron chi connectivity index (χ4n) is 1.53. The van der Waals surface area contributed by atoms with Gasteiger partial charge in [0.2, 0.25) is 0 Å². The van der Waals surface area contributed by atoms with Gasteiger partial charge in [-0.2, -0.15) is 5.11 Å². The van der Waals surface area contributed by atoms with E-state index in [-0.39, 0.29) is 5.69 Å². The lowest BCUT2D eigenvalue weighted by atomic mass is 10.2. The molecule has 0 aliphatic rings. The van der Waals surface area contributed by atoms with Crippen LogP contribution >= 0.6 is 0 Å². The van der Waals surface area contributed by atoms with Gasteiger partial charge in [0.25, 0.3) is 5.69 Å². The van der Waals surface area contributed by atoms with Crippen LogP contribution in [0.15, 0.2) is 52.7 Å². The molecular formula is C13H12N4O3. The Balaban J connectivity index is 2.23. The SMILES string of the molecule is COc1cc(N)ccc1N=Nc1ccc([N+](=O)[O-])cc1. The van der Waals surface area contributed by atoms with Crippen LogP contribution in [-0.4, -0.2) is 12.0 Å². The molecule has 0 heterocycles. The number of nitro groups is 1. The normalized spacial score (nSPS) is 10.7. The Hall–Kier alpha value is -2.96. The van der Waals surface area contributed by atoms with Gasteiger partial charge in [0, 0.05) is 23.9 Å². The Morgan fingerprint density at radius 2 is 1.85 bits per heavy atom. The molecule has 0 atom stereocenters. The van der Waals surface area contributed by atoms with E-state index in [0.717, 1.165) is 0 Å². The molecule has 0 bridgehead atoms. The number of hydrogen-bond acceptors (Lipinski definition) is 6. The number of benzene rings is 2. The molecule has 102 valence electrons. The van der Waals surface area contributed by atoms with Crippen LogP contribution in [0.1, 0.15) is 0 Å². The lowest BCUT2D eigenvalue weighted by Crippen LogP contribution is -1.87. The number of anilines is 1. The van der Waals surface area contributed by atoms with Crippen LogP contribution in [0.25, 0.3) is 0 Å². The summed E-state index contributed by atoms with van der Waals surface area (Å²) in [6.45, 7) is 0. The molecule has 7 heteroatoms. The van der Waals surface area contributed by atoms with Gasteiger partial charge in [0.05, 0.1) is 17.7 Å². The minimum absolute atomic E-state index is 0.00835. The molecule has 0 saturated heterocycles. The molecule has 2 aromatic carbocycles. The number of ether oxygens (including phenoxy) is 1. The summed E-state index contributed by atoms with van der Waals surface area (Å²) in [6.07, 6.45) is 0. The van der Waals surface area contributed by atoms with Crippen molar-refractivity contribution in [2.24, 2.45) is 10.2 Å². The molecule has 0 aliphatic heterocycles. The predicted molar refractivity (Wildman–Crippen MR) is 74.7 cm³/mol. The van der Waals surface area contributed by atoms with E-state index in [1.807, 2.05) is 0 Å². The van der Waals surface area contributed by atoms with E-state index < -0.39 is 4.92 Å². The molecule has 0 fully saturated rings. The third-order valence-corrected chi connectivity index (χ3v) is 2.54. The summed E-state index contributed by atoms with van der Waals surface area (Å²) in [7, 11) is 1.51. The first kappa shape index (κ1) is 13.5. The van der Waals surface area contributed by atoms with E-state index >= 15 is 0 Å². The third-order valence-electron chi connectivity index (χ3n) is 2.54. The van der Waals surface area contributed by atoms with Gasteiger partial charge in [0.1, 0.15) is 11.4 Å². The zero-order chi connectivity index (χ0) is 14.5. The summed E-state index contributed by atoms with van der Waals surface area (Å²) < 4.78 is 5.14. The molecular weight excluding hydrogens is 260 g/mol. The lowest BCUT2D eigenvalue weighted by molar-refractivity contribution is -0.384. The number of hydrogen-bond donors (Lipinski definition) is 1. The van der Waals surface area contributed by atoms with Gasteiger partial charge in [-0.25, -0.2) is 0 Å². The second-order valence-corrected chi connectivity index (χ2v) is 3.90. The van der Waals surface area contributed by atoms with E-state index in [1.165, 1.54) is 31.4 Å². The molecule has 20 heavy (non-hydrogen) atoms. The minimum atomic E-state index is -0.468. The number of non-ortho nitro benzene ring substituents is 1. The monoisotopic (exact) mass is 272 g/mol. The van der Waals surface area contributed by atoms with Gasteiger partial charge < -0.3 is 10.5 Å². The summed E-state index contributed by atoms with van der Waals surface area (Å²) >= 11 is 0. The Morgan fingerprint density at radius 3 is 2.45 bits per heavy atom. The third kappa shape index (κ3) is 3.08. The van der Waals surface area contributed by atoms with Crippen LogP contribution in [0.4, 0.5) is 22.7 Å². The molecule has 0 aliphatic carbocycles. The summed E-state index contributed by atoms with van der Waals surface area (Å²) in [6, 6.07) is 10.8. The van der Waals surface area contributed by atoms with Crippen molar-refractivity contribution in [3.63, 3.8) is 0 Å². The Bertz CT molecular complexity index is 653. The average Bonchev–Trinajstić information content (AvgIpc) is 2.46. The van der Waals surface area contributed by atoms with Crippen molar-refractivity contribution < 1.29 is 9.66 Å². The molecule has 0 amide bonds. The van der Waals surface area contributed by atoms with Crippen LogP contribution in [0, 0.1) is 10.1 Å². The first-order chi connectivity index (χ1) is 9.60. The highest BCUT2D eigenvalue weighted by atomic mass is 16.6. The van der Waals surface area contributed by atoms with Crippen molar-refractivity contribution in [3.8, 4) is 5.75 Å². The van der Waals surface area contributed by atoms with Crippen LogP contribution in [0.5, 0.6) is 5.75 Å². The van der Waals surface area contributed by atoms with Gasteiger partial charge >= 0.3 is 0 Å². The fraction of sp³-hybridized carbons (Fsp3) is 0.0769. The highest BCUT2D eigenvalue weighted by Crippen LogP contribution is 2.31. The number of rotatable bonds is 4. The fourth-order valence-corrected chi connectivity index (χ4v) is 1.53. The van der Waals surface area contributed by atoms with E-state index in [1.54, 1.807) is 18.2 Å².